The molecule has 0 aliphatic rings. The van der Waals surface area contributed by atoms with Gasteiger partial charge in [-0.2, -0.15) is 0 Å². The van der Waals surface area contributed by atoms with Gasteiger partial charge in [0, 0.05) is 32.3 Å². The monoisotopic (exact) mass is 317 g/mol. The number of nitro groups is 1. The predicted octanol–water partition coefficient (Wildman–Crippen LogP) is 1.04. The molecule has 0 spiro atoms. The molecule has 0 saturated heterocycles. The number of nitrogens with two attached hydrogens (primary N) is 1. The predicted molar refractivity (Wildman–Crippen MR) is 81.5 cm³/mol. The highest BCUT2D eigenvalue weighted by atomic mass is 35.5. The van der Waals surface area contributed by atoms with Crippen molar-refractivity contribution in [3.8, 4) is 0 Å². The molecule has 0 aliphatic heterocycles. The number of nitro benzene ring substituents is 1. The first-order chi connectivity index (χ1) is 9.56. The molecule has 1 aromatic carbocycles. The summed E-state index contributed by atoms with van der Waals surface area (Å²) in [6.07, 6.45) is 0.575. The highest BCUT2D eigenvalue weighted by molar-refractivity contribution is 5.85. The van der Waals surface area contributed by atoms with E-state index in [0.29, 0.717) is 19.5 Å². The third kappa shape index (κ3) is 7.03. The van der Waals surface area contributed by atoms with Gasteiger partial charge in [0.05, 0.1) is 17.4 Å². The van der Waals surface area contributed by atoms with Crippen LogP contribution in [0.5, 0.6) is 0 Å². The van der Waals surface area contributed by atoms with E-state index in [2.05, 4.69) is 5.32 Å². The Morgan fingerprint density at radius 2 is 2.05 bits per heavy atom. The van der Waals surface area contributed by atoms with Crippen LogP contribution in [0.15, 0.2) is 24.3 Å². The lowest BCUT2D eigenvalue weighted by Gasteiger charge is -2.12. The second-order valence-corrected chi connectivity index (χ2v) is 4.32. The summed E-state index contributed by atoms with van der Waals surface area (Å²) in [6.45, 7) is 0.768. The molecular weight excluding hydrogens is 298 g/mol. The largest absolute Gasteiger partial charge is 0.380 e. The van der Waals surface area contributed by atoms with Gasteiger partial charge in [0.2, 0.25) is 5.91 Å². The van der Waals surface area contributed by atoms with Gasteiger partial charge in [0.25, 0.3) is 5.69 Å². The quantitative estimate of drug-likeness (QED) is 0.550. The van der Waals surface area contributed by atoms with Crippen LogP contribution in [0.4, 0.5) is 5.69 Å². The zero-order valence-electron chi connectivity index (χ0n) is 11.8. The normalized spacial score (nSPS) is 11.3. The van der Waals surface area contributed by atoms with E-state index in [4.69, 9.17) is 10.5 Å². The van der Waals surface area contributed by atoms with Crippen LogP contribution in [0.1, 0.15) is 12.0 Å². The van der Waals surface area contributed by atoms with E-state index in [0.717, 1.165) is 5.56 Å². The maximum absolute atomic E-state index is 11.6. The number of hydrogen-bond acceptors (Lipinski definition) is 5. The van der Waals surface area contributed by atoms with E-state index in [1.165, 1.54) is 19.2 Å². The van der Waals surface area contributed by atoms with Crippen molar-refractivity contribution in [2.45, 2.75) is 18.9 Å². The Morgan fingerprint density at radius 3 is 2.52 bits per heavy atom. The zero-order valence-corrected chi connectivity index (χ0v) is 12.6. The second-order valence-electron chi connectivity index (χ2n) is 4.32. The summed E-state index contributed by atoms with van der Waals surface area (Å²) in [6, 6.07) is 6.27. The molecule has 3 N–H and O–H groups in total. The number of carbonyl (C=O) groups is 1. The summed E-state index contributed by atoms with van der Waals surface area (Å²) >= 11 is 0. The number of methoxy groups -OCH3 is 1. The molecule has 7 nitrogen and oxygen atoms in total. The molecule has 0 radical (unpaired) electrons. The topological polar surface area (TPSA) is 107 Å². The maximum Gasteiger partial charge on any atom is 0.269 e. The molecule has 1 atom stereocenters. The van der Waals surface area contributed by atoms with E-state index in [1.807, 2.05) is 0 Å². The Hall–Kier alpha value is -1.70. The van der Waals surface area contributed by atoms with Crippen LogP contribution < -0.4 is 11.1 Å². The number of carbonyl (C=O) groups excluding carboxylic acids is 1. The van der Waals surface area contributed by atoms with Crippen molar-refractivity contribution in [1.29, 1.82) is 0 Å². The second kappa shape index (κ2) is 10.1. The molecule has 21 heavy (non-hydrogen) atoms. The molecule has 118 valence electrons. The van der Waals surface area contributed by atoms with E-state index in [1.54, 1.807) is 12.1 Å². The first kappa shape index (κ1) is 19.3. The summed E-state index contributed by atoms with van der Waals surface area (Å²) in [5.41, 5.74) is 6.42. The minimum atomic E-state index is -0.441. The third-order valence-electron chi connectivity index (χ3n) is 2.89. The number of amides is 1. The van der Waals surface area contributed by atoms with Gasteiger partial charge >= 0.3 is 0 Å². The fourth-order valence-electron chi connectivity index (χ4n) is 1.67. The molecule has 0 aliphatic carbocycles. The fourth-order valence-corrected chi connectivity index (χ4v) is 1.67. The summed E-state index contributed by atoms with van der Waals surface area (Å²) in [4.78, 5) is 21.6. The molecule has 0 bridgehead atoms. The van der Waals surface area contributed by atoms with Crippen molar-refractivity contribution in [1.82, 2.24) is 5.32 Å². The molecular formula is C13H20ClN3O4. The van der Waals surface area contributed by atoms with Gasteiger partial charge in [-0.25, -0.2) is 0 Å². The lowest BCUT2D eigenvalue weighted by molar-refractivity contribution is -0.384. The lowest BCUT2D eigenvalue weighted by atomic mass is 10.1. The van der Waals surface area contributed by atoms with Crippen LogP contribution >= 0.6 is 12.4 Å². The first-order valence-corrected chi connectivity index (χ1v) is 6.29. The van der Waals surface area contributed by atoms with E-state index in [9.17, 15) is 14.9 Å². The number of non-ortho nitro benzene ring substituents is 1. The summed E-state index contributed by atoms with van der Waals surface area (Å²) in [7, 11) is 1.52. The van der Waals surface area contributed by atoms with Gasteiger partial charge in [-0.15, -0.1) is 12.4 Å². The SMILES string of the molecule is COC(CN)CC(=O)NCCc1ccc([N+](=O)[O-])cc1.Cl. The van der Waals surface area contributed by atoms with Crippen molar-refractivity contribution in [3.63, 3.8) is 0 Å². The number of rotatable bonds is 8. The summed E-state index contributed by atoms with van der Waals surface area (Å²) < 4.78 is 5.02. The van der Waals surface area contributed by atoms with Crippen molar-refractivity contribution >= 4 is 24.0 Å². The van der Waals surface area contributed by atoms with Crippen LogP contribution in [0.25, 0.3) is 0 Å². The number of hydrogen-bond donors (Lipinski definition) is 2. The summed E-state index contributed by atoms with van der Waals surface area (Å²) in [5.74, 6) is -0.121. The Kier molecular flexibility index (Phi) is 9.27. The number of nitrogens with zero attached hydrogens (tertiary/aromatic N) is 1. The van der Waals surface area contributed by atoms with Gasteiger partial charge in [-0.3, -0.25) is 14.9 Å². The van der Waals surface area contributed by atoms with Crippen molar-refractivity contribution in [3.05, 3.63) is 39.9 Å². The molecule has 1 aromatic rings. The smallest absolute Gasteiger partial charge is 0.269 e. The summed E-state index contributed by atoms with van der Waals surface area (Å²) in [5, 5.41) is 13.3. The highest BCUT2D eigenvalue weighted by Crippen LogP contribution is 2.11. The fraction of sp³-hybridized carbons (Fsp3) is 0.462. The molecule has 0 saturated carbocycles. The standard InChI is InChI=1S/C13H19N3O4.ClH/c1-20-12(9-14)8-13(17)15-7-6-10-2-4-11(5-3-10)16(18)19;/h2-5,12H,6-9,14H2,1H3,(H,15,17);1H. The van der Waals surface area contributed by atoms with Gasteiger partial charge in [0.1, 0.15) is 0 Å². The maximum atomic E-state index is 11.6. The van der Waals surface area contributed by atoms with Crippen LogP contribution in [0.2, 0.25) is 0 Å². The van der Waals surface area contributed by atoms with E-state index in [-0.39, 0.29) is 36.5 Å². The Bertz CT molecular complexity index is 449. The number of benzene rings is 1. The van der Waals surface area contributed by atoms with Crippen molar-refractivity contribution in [2.24, 2.45) is 5.73 Å². The molecule has 1 rings (SSSR count). The number of nitrogens with one attached hydrogen (secondary N) is 1. The Balaban J connectivity index is 0.00000400. The van der Waals surface area contributed by atoms with Gasteiger partial charge in [-0.05, 0) is 12.0 Å². The highest BCUT2D eigenvalue weighted by Gasteiger charge is 2.10. The van der Waals surface area contributed by atoms with E-state index < -0.39 is 4.92 Å². The Labute approximate surface area is 129 Å². The molecule has 1 unspecified atom stereocenters. The molecule has 0 heterocycles. The van der Waals surface area contributed by atoms with Crippen LogP contribution in [-0.2, 0) is 16.0 Å². The average molecular weight is 318 g/mol. The lowest BCUT2D eigenvalue weighted by Crippen LogP contribution is -2.33. The number of halogens is 1. The van der Waals surface area contributed by atoms with Crippen LogP contribution in [-0.4, -0.2) is 37.1 Å². The van der Waals surface area contributed by atoms with Crippen molar-refractivity contribution < 1.29 is 14.5 Å². The molecule has 0 fully saturated rings. The number of ether oxygens (including phenoxy) is 1. The van der Waals surface area contributed by atoms with Crippen molar-refractivity contribution in [2.75, 3.05) is 20.2 Å². The molecule has 0 aromatic heterocycles. The minimum absolute atomic E-state index is 0. The van der Waals surface area contributed by atoms with Gasteiger partial charge < -0.3 is 15.8 Å². The third-order valence-corrected chi connectivity index (χ3v) is 2.89. The van der Waals surface area contributed by atoms with Gasteiger partial charge in [-0.1, -0.05) is 12.1 Å². The van der Waals surface area contributed by atoms with Crippen LogP contribution in [0.3, 0.4) is 0 Å². The first-order valence-electron chi connectivity index (χ1n) is 6.29. The average Bonchev–Trinajstić information content (AvgIpc) is 2.45. The molecule has 8 heteroatoms. The van der Waals surface area contributed by atoms with E-state index >= 15 is 0 Å². The van der Waals surface area contributed by atoms with Gasteiger partial charge in [0.15, 0.2) is 0 Å². The van der Waals surface area contributed by atoms with Crippen LogP contribution in [0, 0.1) is 10.1 Å². The minimum Gasteiger partial charge on any atom is -0.380 e. The molecule has 1 amide bonds. The zero-order chi connectivity index (χ0) is 15.0. The Morgan fingerprint density at radius 1 is 1.43 bits per heavy atom.